The number of hydrogen-bond donors (Lipinski definition) is 1. The van der Waals surface area contributed by atoms with Crippen molar-refractivity contribution < 1.29 is 45.8 Å². The van der Waals surface area contributed by atoms with Crippen LogP contribution in [0.2, 0.25) is 0 Å². The maximum absolute atomic E-state index is 14.7. The molecule has 0 aliphatic carbocycles. The summed E-state index contributed by atoms with van der Waals surface area (Å²) in [6.07, 6.45) is -7.05. The number of nitrogens with zero attached hydrogens (tertiary/aromatic N) is 2. The molecule has 1 saturated heterocycles. The van der Waals surface area contributed by atoms with Crippen LogP contribution >= 0.6 is 0 Å². The van der Waals surface area contributed by atoms with Crippen molar-refractivity contribution in [3.63, 3.8) is 0 Å². The van der Waals surface area contributed by atoms with E-state index in [9.17, 15) is 26.7 Å². The molecule has 1 N–H and O–H groups in total. The number of piperidine rings is 1. The van der Waals surface area contributed by atoms with Gasteiger partial charge in [-0.3, -0.25) is 4.79 Å². The molecule has 0 spiro atoms. The minimum atomic E-state index is -5.08. The van der Waals surface area contributed by atoms with Crippen molar-refractivity contribution in [1.82, 2.24) is 9.88 Å². The van der Waals surface area contributed by atoms with Crippen molar-refractivity contribution in [3.05, 3.63) is 72.0 Å². The number of rotatable bonds is 3. The Morgan fingerprint density at radius 1 is 1.08 bits per heavy atom. The van der Waals surface area contributed by atoms with Gasteiger partial charge >= 0.3 is 12.1 Å². The van der Waals surface area contributed by atoms with Gasteiger partial charge in [-0.25, -0.2) is 18.6 Å². The van der Waals surface area contributed by atoms with Crippen molar-refractivity contribution >= 4 is 33.7 Å². The molecule has 2 aromatic heterocycles. The number of ether oxygens (including phenoxy) is 1. The molecular weight excluding hydrogens is 515 g/mol. The summed E-state index contributed by atoms with van der Waals surface area (Å²) in [5.74, 6) is -5.38. The van der Waals surface area contributed by atoms with Crippen molar-refractivity contribution in [2.75, 3.05) is 13.1 Å². The Morgan fingerprint density at radius 3 is 2.47 bits per heavy atom. The number of benzene rings is 2. The zero-order valence-corrected chi connectivity index (χ0v) is 19.8. The van der Waals surface area contributed by atoms with Gasteiger partial charge in [-0.05, 0) is 31.2 Å². The zero-order valence-electron chi connectivity index (χ0n) is 19.8. The summed E-state index contributed by atoms with van der Waals surface area (Å²) >= 11 is 0. The van der Waals surface area contributed by atoms with E-state index in [4.69, 9.17) is 19.1 Å². The Hall–Kier alpha value is -4.22. The van der Waals surface area contributed by atoms with Gasteiger partial charge in [0.2, 0.25) is 5.88 Å². The number of para-hydroxylation sites is 2. The highest BCUT2D eigenvalue weighted by Gasteiger charge is 2.47. The highest BCUT2D eigenvalue weighted by molar-refractivity contribution is 6.05. The van der Waals surface area contributed by atoms with Gasteiger partial charge in [0.15, 0.2) is 6.10 Å². The number of furan rings is 1. The van der Waals surface area contributed by atoms with Gasteiger partial charge in [0.05, 0.1) is 17.6 Å². The van der Waals surface area contributed by atoms with E-state index < -0.39 is 30.6 Å². The lowest BCUT2D eigenvalue weighted by molar-refractivity contribution is -0.192. The van der Waals surface area contributed by atoms with E-state index in [0.29, 0.717) is 22.4 Å². The molecule has 0 bridgehead atoms. The molecule has 200 valence electrons. The highest BCUT2D eigenvalue weighted by atomic mass is 19.4. The minimum Gasteiger partial charge on any atom is -0.475 e. The summed E-state index contributed by atoms with van der Waals surface area (Å²) in [5, 5.41) is 8.82. The van der Waals surface area contributed by atoms with E-state index in [-0.39, 0.29) is 24.9 Å². The van der Waals surface area contributed by atoms with Gasteiger partial charge in [0, 0.05) is 29.8 Å². The third-order valence-electron chi connectivity index (χ3n) is 5.84. The second-order valence-electron chi connectivity index (χ2n) is 8.59. The minimum absolute atomic E-state index is 0.0626. The normalized spacial score (nSPS) is 17.1. The number of carboxylic acids is 1. The fraction of sp³-hybridized carbons (Fsp3) is 0.269. The van der Waals surface area contributed by atoms with Gasteiger partial charge < -0.3 is 19.2 Å². The number of hydrogen-bond acceptors (Lipinski definition) is 5. The molecule has 1 aliphatic rings. The zero-order chi connectivity index (χ0) is 27.7. The molecule has 38 heavy (non-hydrogen) atoms. The molecule has 4 aromatic rings. The van der Waals surface area contributed by atoms with Crippen LogP contribution < -0.4 is 4.74 Å². The van der Waals surface area contributed by atoms with Crippen LogP contribution in [-0.4, -0.2) is 58.2 Å². The summed E-state index contributed by atoms with van der Waals surface area (Å²) in [6.45, 7) is 1.50. The molecule has 12 heteroatoms. The predicted octanol–water partition coefficient (Wildman–Crippen LogP) is 5.85. The molecule has 1 atom stereocenters. The van der Waals surface area contributed by atoms with Crippen molar-refractivity contribution in [2.24, 2.45) is 0 Å². The average molecular weight is 536 g/mol. The number of halogens is 5. The molecular formula is C26H21F5N2O5. The number of aliphatic carboxylic acids is 1. The fourth-order valence-corrected chi connectivity index (χ4v) is 3.97. The van der Waals surface area contributed by atoms with E-state index in [0.717, 1.165) is 10.8 Å². The summed E-state index contributed by atoms with van der Waals surface area (Å²) in [6, 6.07) is 17.8. The van der Waals surface area contributed by atoms with Gasteiger partial charge in [0.1, 0.15) is 11.3 Å². The Labute approximate surface area is 212 Å². The van der Waals surface area contributed by atoms with Gasteiger partial charge in [-0.2, -0.15) is 13.2 Å². The summed E-state index contributed by atoms with van der Waals surface area (Å²) < 4.78 is 72.3. The first-order valence-electron chi connectivity index (χ1n) is 11.3. The molecule has 3 heterocycles. The molecule has 1 unspecified atom stereocenters. The summed E-state index contributed by atoms with van der Waals surface area (Å²) in [5.41, 5.74) is 1.49. The summed E-state index contributed by atoms with van der Waals surface area (Å²) in [7, 11) is 0. The molecule has 2 aromatic carbocycles. The van der Waals surface area contributed by atoms with Gasteiger partial charge in [-0.15, -0.1) is 0 Å². The number of alkyl halides is 5. The van der Waals surface area contributed by atoms with Crippen LogP contribution in [0.25, 0.3) is 21.9 Å². The topological polar surface area (TPSA) is 92.9 Å². The van der Waals surface area contributed by atoms with Crippen LogP contribution in [-0.2, 0) is 4.79 Å². The maximum Gasteiger partial charge on any atom is 0.490 e. The molecule has 0 radical (unpaired) electrons. The molecule has 5 rings (SSSR count). The Morgan fingerprint density at radius 2 is 1.76 bits per heavy atom. The Balaban J connectivity index is 0.000000426. The average Bonchev–Trinajstić information content (AvgIpc) is 3.25. The number of carbonyl (C=O) groups excluding carboxylic acids is 1. The number of likely N-dealkylation sites (tertiary alicyclic amines) is 1. The Kier molecular flexibility index (Phi) is 7.25. The van der Waals surface area contributed by atoms with E-state index in [1.54, 1.807) is 37.3 Å². The number of aromatic nitrogens is 1. The van der Waals surface area contributed by atoms with E-state index in [1.807, 2.05) is 30.3 Å². The number of amides is 1. The number of carbonyl (C=O) groups is 2. The highest BCUT2D eigenvalue weighted by Crippen LogP contribution is 2.33. The van der Waals surface area contributed by atoms with E-state index in [1.165, 1.54) is 4.90 Å². The number of carboxylic acid groups (broad SMARTS) is 1. The Bertz CT molecular complexity index is 1480. The number of aryl methyl sites for hydroxylation is 1. The third-order valence-corrected chi connectivity index (χ3v) is 5.84. The van der Waals surface area contributed by atoms with Crippen molar-refractivity contribution in [3.8, 4) is 5.88 Å². The SMILES string of the molecule is Cc1cc2cccc(C(=O)N3CCC(F)(F)C(Oc4ccc5ccccc5n4)C3)c2o1.O=C(O)C(F)(F)F. The van der Waals surface area contributed by atoms with Gasteiger partial charge in [-0.1, -0.05) is 30.3 Å². The predicted molar refractivity (Wildman–Crippen MR) is 126 cm³/mol. The monoisotopic (exact) mass is 536 g/mol. The summed E-state index contributed by atoms with van der Waals surface area (Å²) in [4.78, 5) is 27.8. The molecule has 1 aliphatic heterocycles. The van der Waals surface area contributed by atoms with Crippen LogP contribution in [0.1, 0.15) is 22.5 Å². The smallest absolute Gasteiger partial charge is 0.475 e. The maximum atomic E-state index is 14.7. The first-order valence-corrected chi connectivity index (χ1v) is 11.3. The second-order valence-corrected chi connectivity index (χ2v) is 8.59. The van der Waals surface area contributed by atoms with Crippen LogP contribution in [0.4, 0.5) is 22.0 Å². The van der Waals surface area contributed by atoms with Crippen molar-refractivity contribution in [1.29, 1.82) is 0 Å². The van der Waals surface area contributed by atoms with Crippen LogP contribution in [0.5, 0.6) is 5.88 Å². The molecule has 7 nitrogen and oxygen atoms in total. The lowest BCUT2D eigenvalue weighted by Crippen LogP contribution is -2.55. The number of pyridine rings is 1. The van der Waals surface area contributed by atoms with Crippen LogP contribution in [0.3, 0.4) is 0 Å². The first-order chi connectivity index (χ1) is 17.8. The fourth-order valence-electron chi connectivity index (χ4n) is 3.97. The number of fused-ring (bicyclic) bond motifs is 2. The lowest BCUT2D eigenvalue weighted by Gasteiger charge is -2.37. The first kappa shape index (κ1) is 26.8. The molecule has 0 saturated carbocycles. The van der Waals surface area contributed by atoms with Crippen LogP contribution in [0.15, 0.2) is 65.1 Å². The molecule has 1 amide bonds. The van der Waals surface area contributed by atoms with Crippen molar-refractivity contribution in [2.45, 2.75) is 31.5 Å². The quantitative estimate of drug-likeness (QED) is 0.330. The standard InChI is InChI=1S/C24H20F2N2O3.C2HF3O2/c1-15-13-17-6-4-7-18(22(17)30-15)23(29)28-12-11-24(25,26)20(14-28)31-21-10-9-16-5-2-3-8-19(16)27-21;3-2(4,5)1(6)7/h2-10,13,20H,11-12,14H2,1H3;(H,6,7). The van der Waals surface area contributed by atoms with E-state index in [2.05, 4.69) is 4.98 Å². The van der Waals surface area contributed by atoms with E-state index >= 15 is 0 Å². The second kappa shape index (κ2) is 10.3. The van der Waals surface area contributed by atoms with Gasteiger partial charge in [0.25, 0.3) is 11.8 Å². The largest absolute Gasteiger partial charge is 0.490 e. The lowest BCUT2D eigenvalue weighted by atomic mass is 10.0. The third kappa shape index (κ3) is 5.84. The van der Waals surface area contributed by atoms with Crippen LogP contribution in [0, 0.1) is 6.92 Å². The molecule has 1 fully saturated rings.